The second kappa shape index (κ2) is 6.52. The summed E-state index contributed by atoms with van der Waals surface area (Å²) in [6.45, 7) is 4.60. The minimum atomic E-state index is -0.157. The van der Waals surface area contributed by atoms with E-state index in [1.54, 1.807) is 15.2 Å². The molecule has 0 unspecified atom stereocenters. The van der Waals surface area contributed by atoms with E-state index < -0.39 is 0 Å². The quantitative estimate of drug-likeness (QED) is 0.564. The molecule has 0 saturated heterocycles. The molecular weight excluding hydrogens is 326 g/mol. The van der Waals surface area contributed by atoms with E-state index in [0.29, 0.717) is 12.3 Å². The Morgan fingerprint density at radius 1 is 1.00 bits per heavy atom. The third kappa shape index (κ3) is 2.88. The molecule has 2 aromatic heterocycles. The highest BCUT2D eigenvalue weighted by molar-refractivity contribution is 5.62. The van der Waals surface area contributed by atoms with Gasteiger partial charge in [-0.15, -0.1) is 0 Å². The zero-order valence-electron chi connectivity index (χ0n) is 14.7. The highest BCUT2D eigenvalue weighted by atomic mass is 16.5. The van der Waals surface area contributed by atoms with Gasteiger partial charge in [-0.3, -0.25) is 9.36 Å². The van der Waals surface area contributed by atoms with Gasteiger partial charge in [0.1, 0.15) is 5.75 Å². The Labute approximate surface area is 151 Å². The minimum Gasteiger partial charge on any atom is -0.494 e. The van der Waals surface area contributed by atoms with Crippen LogP contribution in [0, 0.1) is 6.92 Å². The number of aromatic nitrogens is 3. The maximum atomic E-state index is 12.9. The lowest BCUT2D eigenvalue weighted by Crippen LogP contribution is -2.19. The van der Waals surface area contributed by atoms with Crippen molar-refractivity contribution < 1.29 is 4.74 Å². The van der Waals surface area contributed by atoms with Crippen LogP contribution in [0.4, 0.5) is 0 Å². The molecule has 0 radical (unpaired) electrons. The lowest BCUT2D eigenvalue weighted by molar-refractivity contribution is 0.340. The first-order valence-electron chi connectivity index (χ1n) is 8.56. The van der Waals surface area contributed by atoms with Gasteiger partial charge in [0.2, 0.25) is 5.65 Å². The van der Waals surface area contributed by atoms with Crippen LogP contribution < -0.4 is 10.3 Å². The van der Waals surface area contributed by atoms with Crippen LogP contribution >= 0.6 is 0 Å². The van der Waals surface area contributed by atoms with Gasteiger partial charge in [-0.05, 0) is 38.1 Å². The van der Waals surface area contributed by atoms with Gasteiger partial charge in [-0.1, -0.05) is 29.8 Å². The summed E-state index contributed by atoms with van der Waals surface area (Å²) in [5.41, 5.74) is 3.99. The molecule has 5 heteroatoms. The minimum absolute atomic E-state index is 0.157. The fourth-order valence-electron chi connectivity index (χ4n) is 2.92. The highest BCUT2D eigenvalue weighted by Gasteiger charge is 2.10. The molecule has 130 valence electrons. The number of aryl methyl sites for hydroxylation is 1. The van der Waals surface area contributed by atoms with E-state index in [4.69, 9.17) is 4.74 Å². The van der Waals surface area contributed by atoms with E-state index in [1.165, 1.54) is 5.56 Å². The lowest BCUT2D eigenvalue weighted by Gasteiger charge is -2.07. The Hall–Kier alpha value is -3.34. The zero-order chi connectivity index (χ0) is 18.1. The average Bonchev–Trinajstić information content (AvgIpc) is 3.09. The van der Waals surface area contributed by atoms with Gasteiger partial charge in [0.05, 0.1) is 12.3 Å². The third-order valence-corrected chi connectivity index (χ3v) is 4.29. The Morgan fingerprint density at radius 2 is 1.73 bits per heavy atom. The maximum Gasteiger partial charge on any atom is 0.298 e. The monoisotopic (exact) mass is 345 g/mol. The molecule has 0 saturated carbocycles. The second-order valence-electron chi connectivity index (χ2n) is 6.12. The van der Waals surface area contributed by atoms with Gasteiger partial charge >= 0.3 is 0 Å². The molecule has 2 aromatic carbocycles. The van der Waals surface area contributed by atoms with Crippen molar-refractivity contribution in [3.05, 3.63) is 83.0 Å². The summed E-state index contributed by atoms with van der Waals surface area (Å²) < 4.78 is 8.81. The molecule has 0 aliphatic rings. The molecule has 4 aromatic rings. The summed E-state index contributed by atoms with van der Waals surface area (Å²) in [7, 11) is 0. The van der Waals surface area contributed by atoms with Crippen LogP contribution in [-0.4, -0.2) is 20.6 Å². The Bertz CT molecular complexity index is 1110. The molecule has 4 rings (SSSR count). The van der Waals surface area contributed by atoms with Gasteiger partial charge in [0, 0.05) is 29.8 Å². The normalized spacial score (nSPS) is 11.0. The lowest BCUT2D eigenvalue weighted by atomic mass is 10.1. The summed E-state index contributed by atoms with van der Waals surface area (Å²) >= 11 is 0. The number of nitrogens with zero attached hydrogens (tertiary/aromatic N) is 3. The van der Waals surface area contributed by atoms with Gasteiger partial charge in [0.15, 0.2) is 0 Å². The molecule has 0 fully saturated rings. The molecule has 0 bridgehead atoms. The summed E-state index contributed by atoms with van der Waals surface area (Å²) in [5, 5.41) is 0. The van der Waals surface area contributed by atoms with Crippen molar-refractivity contribution >= 4 is 5.65 Å². The smallest absolute Gasteiger partial charge is 0.298 e. The molecule has 0 atom stereocenters. The van der Waals surface area contributed by atoms with Gasteiger partial charge in [-0.25, -0.2) is 4.98 Å². The second-order valence-corrected chi connectivity index (χ2v) is 6.12. The summed E-state index contributed by atoms with van der Waals surface area (Å²) in [6, 6.07) is 15.6. The highest BCUT2D eigenvalue weighted by Crippen LogP contribution is 2.19. The fraction of sp³-hybridized carbons (Fsp3) is 0.143. The van der Waals surface area contributed by atoms with Crippen molar-refractivity contribution in [3.63, 3.8) is 0 Å². The Morgan fingerprint density at radius 3 is 2.42 bits per heavy atom. The molecule has 0 aliphatic carbocycles. The summed E-state index contributed by atoms with van der Waals surface area (Å²) in [6.07, 6.45) is 5.48. The number of ether oxygens (including phenoxy) is 1. The zero-order valence-corrected chi connectivity index (χ0v) is 14.7. The number of rotatable bonds is 4. The van der Waals surface area contributed by atoms with Crippen molar-refractivity contribution in [2.24, 2.45) is 0 Å². The molecule has 0 N–H and O–H groups in total. The molecule has 2 heterocycles. The molecular formula is C21H19N3O2. The van der Waals surface area contributed by atoms with E-state index in [2.05, 4.69) is 4.98 Å². The fourth-order valence-corrected chi connectivity index (χ4v) is 2.92. The molecule has 26 heavy (non-hydrogen) atoms. The summed E-state index contributed by atoms with van der Waals surface area (Å²) in [4.78, 5) is 17.4. The van der Waals surface area contributed by atoms with Crippen LogP contribution in [0.15, 0.2) is 71.9 Å². The van der Waals surface area contributed by atoms with Crippen molar-refractivity contribution in [2.75, 3.05) is 6.61 Å². The topological polar surface area (TPSA) is 48.5 Å². The van der Waals surface area contributed by atoms with Gasteiger partial charge in [-0.2, -0.15) is 0 Å². The van der Waals surface area contributed by atoms with Crippen LogP contribution in [0.3, 0.4) is 0 Å². The Balaban J connectivity index is 1.77. The number of imidazole rings is 1. The standard InChI is InChI=1S/C21H19N3O2/c1-3-26-18-10-8-17(9-11-18)24-13-12-23-14-19(22-20(23)21(24)25)16-6-4-15(2)5-7-16/h4-14H,3H2,1-2H3. The average molecular weight is 345 g/mol. The molecule has 5 nitrogen and oxygen atoms in total. The van der Waals surface area contributed by atoms with Crippen molar-refractivity contribution in [1.82, 2.24) is 14.0 Å². The SMILES string of the molecule is CCOc1ccc(-n2ccn3cc(-c4ccc(C)cc4)nc3c2=O)cc1. The number of benzene rings is 2. The van der Waals surface area contributed by atoms with Gasteiger partial charge < -0.3 is 9.14 Å². The predicted molar refractivity (Wildman–Crippen MR) is 102 cm³/mol. The first-order valence-corrected chi connectivity index (χ1v) is 8.56. The predicted octanol–water partition coefficient (Wildman–Crippen LogP) is 3.86. The van der Waals surface area contributed by atoms with Crippen LogP contribution in [-0.2, 0) is 0 Å². The largest absolute Gasteiger partial charge is 0.494 e. The maximum absolute atomic E-state index is 12.9. The van der Waals surface area contributed by atoms with E-state index in [-0.39, 0.29) is 5.56 Å². The van der Waals surface area contributed by atoms with Crippen molar-refractivity contribution in [2.45, 2.75) is 13.8 Å². The molecule has 0 spiro atoms. The van der Waals surface area contributed by atoms with Crippen LogP contribution in [0.1, 0.15) is 12.5 Å². The molecule has 0 aliphatic heterocycles. The summed E-state index contributed by atoms with van der Waals surface area (Å²) in [5.74, 6) is 0.785. The van der Waals surface area contributed by atoms with E-state index >= 15 is 0 Å². The van der Waals surface area contributed by atoms with E-state index in [0.717, 1.165) is 22.7 Å². The Kier molecular flexibility index (Phi) is 4.05. The number of hydrogen-bond donors (Lipinski definition) is 0. The third-order valence-electron chi connectivity index (χ3n) is 4.29. The number of fused-ring (bicyclic) bond motifs is 1. The first kappa shape index (κ1) is 16.1. The number of hydrogen-bond acceptors (Lipinski definition) is 3. The van der Waals surface area contributed by atoms with E-state index in [9.17, 15) is 4.79 Å². The van der Waals surface area contributed by atoms with Gasteiger partial charge in [0.25, 0.3) is 5.56 Å². The first-order chi connectivity index (χ1) is 12.7. The van der Waals surface area contributed by atoms with Crippen LogP contribution in [0.25, 0.3) is 22.6 Å². The van der Waals surface area contributed by atoms with Crippen LogP contribution in [0.5, 0.6) is 5.75 Å². The van der Waals surface area contributed by atoms with E-state index in [1.807, 2.05) is 74.8 Å². The van der Waals surface area contributed by atoms with Crippen molar-refractivity contribution in [3.8, 4) is 22.7 Å². The van der Waals surface area contributed by atoms with Crippen LogP contribution in [0.2, 0.25) is 0 Å². The molecule has 0 amide bonds. The van der Waals surface area contributed by atoms with Crippen molar-refractivity contribution in [1.29, 1.82) is 0 Å².